The molecule has 0 saturated heterocycles. The van der Waals surface area contributed by atoms with Crippen LogP contribution in [-0.2, 0) is 9.53 Å². The maximum atomic E-state index is 11.5. The fourth-order valence-corrected chi connectivity index (χ4v) is 1.89. The highest BCUT2D eigenvalue weighted by atomic mass is 16.5. The number of hydrogen-bond donors (Lipinski definition) is 2. The number of carbonyl (C=O) groups excluding carboxylic acids is 1. The van der Waals surface area contributed by atoms with E-state index < -0.39 is 5.54 Å². The molecule has 0 aliphatic carbocycles. The summed E-state index contributed by atoms with van der Waals surface area (Å²) in [4.78, 5) is 13.8. The van der Waals surface area contributed by atoms with Gasteiger partial charge in [0.25, 0.3) is 0 Å². The van der Waals surface area contributed by atoms with E-state index in [0.717, 1.165) is 19.6 Å². The van der Waals surface area contributed by atoms with Crippen LogP contribution >= 0.6 is 0 Å². The molecule has 0 rings (SSSR count). The van der Waals surface area contributed by atoms with E-state index in [0.29, 0.717) is 19.1 Å². The molecule has 1 unspecified atom stereocenters. The second-order valence-corrected chi connectivity index (χ2v) is 5.10. The van der Waals surface area contributed by atoms with Crippen LogP contribution in [0.3, 0.4) is 0 Å². The van der Waals surface area contributed by atoms with E-state index in [-0.39, 0.29) is 5.91 Å². The molecule has 5 nitrogen and oxygen atoms in total. The number of rotatable bonds is 10. The quantitative estimate of drug-likeness (QED) is 0.602. The predicted octanol–water partition coefficient (Wildman–Crippen LogP) is 0.587. The van der Waals surface area contributed by atoms with Crippen LogP contribution in [0.4, 0.5) is 0 Å². The number of hydrogen-bond acceptors (Lipinski definition) is 4. The Kier molecular flexibility index (Phi) is 8.15. The Bertz CT molecular complexity index is 246. The Morgan fingerprint density at radius 1 is 1.44 bits per heavy atom. The Hall–Kier alpha value is -0.650. The van der Waals surface area contributed by atoms with Gasteiger partial charge in [0.05, 0.1) is 12.1 Å². The minimum absolute atomic E-state index is 0.292. The third-order valence-corrected chi connectivity index (χ3v) is 3.32. The standard InChI is InChI=1S/C13H29N3O2/c1-6-15-13(4,12(14)17)7-8-16(11(2)3)9-10-18-5/h11,15H,6-10H2,1-5H3,(H2,14,17). The van der Waals surface area contributed by atoms with Crippen molar-refractivity contribution in [1.29, 1.82) is 0 Å². The lowest BCUT2D eigenvalue weighted by molar-refractivity contribution is -0.124. The topological polar surface area (TPSA) is 67.6 Å². The zero-order valence-corrected chi connectivity index (χ0v) is 12.5. The molecule has 0 aromatic rings. The Morgan fingerprint density at radius 2 is 2.06 bits per heavy atom. The van der Waals surface area contributed by atoms with Crippen molar-refractivity contribution >= 4 is 5.91 Å². The van der Waals surface area contributed by atoms with Gasteiger partial charge in [-0.3, -0.25) is 9.69 Å². The number of likely N-dealkylation sites (N-methyl/N-ethyl adjacent to an activating group) is 1. The van der Waals surface area contributed by atoms with Crippen molar-refractivity contribution < 1.29 is 9.53 Å². The van der Waals surface area contributed by atoms with Gasteiger partial charge in [-0.25, -0.2) is 0 Å². The molecule has 0 fully saturated rings. The second kappa shape index (κ2) is 8.45. The van der Waals surface area contributed by atoms with Crippen molar-refractivity contribution in [2.24, 2.45) is 5.73 Å². The van der Waals surface area contributed by atoms with Gasteiger partial charge >= 0.3 is 0 Å². The minimum atomic E-state index is -0.630. The molecule has 3 N–H and O–H groups in total. The number of nitrogens with one attached hydrogen (secondary N) is 1. The van der Waals surface area contributed by atoms with Crippen LogP contribution in [0.15, 0.2) is 0 Å². The fraction of sp³-hybridized carbons (Fsp3) is 0.923. The van der Waals surface area contributed by atoms with Crippen LogP contribution in [0.2, 0.25) is 0 Å². The van der Waals surface area contributed by atoms with Gasteiger partial charge in [0.1, 0.15) is 0 Å². The van der Waals surface area contributed by atoms with Crippen LogP contribution in [0, 0.1) is 0 Å². The van der Waals surface area contributed by atoms with Crippen LogP contribution in [-0.4, -0.2) is 55.7 Å². The number of primary amides is 1. The molecule has 1 amide bonds. The first kappa shape index (κ1) is 17.4. The highest BCUT2D eigenvalue weighted by Crippen LogP contribution is 2.11. The summed E-state index contributed by atoms with van der Waals surface area (Å²) in [7, 11) is 1.70. The molecule has 1 atom stereocenters. The first-order chi connectivity index (χ1) is 8.37. The van der Waals surface area contributed by atoms with Crippen molar-refractivity contribution in [3.63, 3.8) is 0 Å². The molecule has 0 radical (unpaired) electrons. The third kappa shape index (κ3) is 5.80. The highest BCUT2D eigenvalue weighted by Gasteiger charge is 2.30. The van der Waals surface area contributed by atoms with Gasteiger partial charge in [-0.15, -0.1) is 0 Å². The number of nitrogens with zero attached hydrogens (tertiary/aromatic N) is 1. The predicted molar refractivity (Wildman–Crippen MR) is 74.5 cm³/mol. The van der Waals surface area contributed by atoms with Crippen LogP contribution in [0.25, 0.3) is 0 Å². The average molecular weight is 259 g/mol. The van der Waals surface area contributed by atoms with Gasteiger partial charge in [-0.2, -0.15) is 0 Å². The number of amides is 1. The van der Waals surface area contributed by atoms with Gasteiger partial charge in [-0.05, 0) is 33.7 Å². The van der Waals surface area contributed by atoms with Crippen LogP contribution in [0.1, 0.15) is 34.1 Å². The monoisotopic (exact) mass is 259 g/mol. The zero-order valence-electron chi connectivity index (χ0n) is 12.5. The summed E-state index contributed by atoms with van der Waals surface area (Å²) in [6.45, 7) is 11.3. The number of nitrogens with two attached hydrogens (primary N) is 1. The summed E-state index contributed by atoms with van der Waals surface area (Å²) in [5.41, 5.74) is 4.84. The van der Waals surface area contributed by atoms with Gasteiger partial charge < -0.3 is 15.8 Å². The molecule has 0 aromatic carbocycles. The maximum Gasteiger partial charge on any atom is 0.237 e. The molecule has 0 spiro atoms. The SMILES string of the molecule is CCNC(C)(CCN(CCOC)C(C)C)C(N)=O. The smallest absolute Gasteiger partial charge is 0.237 e. The van der Waals surface area contributed by atoms with E-state index in [1.807, 2.05) is 13.8 Å². The van der Waals surface area contributed by atoms with Crippen molar-refractivity contribution in [3.8, 4) is 0 Å². The lowest BCUT2D eigenvalue weighted by atomic mass is 9.96. The lowest BCUT2D eigenvalue weighted by Gasteiger charge is -2.32. The average Bonchev–Trinajstić information content (AvgIpc) is 2.28. The Labute approximate surface area is 111 Å². The molecule has 0 heterocycles. The number of methoxy groups -OCH3 is 1. The van der Waals surface area contributed by atoms with Gasteiger partial charge in [0, 0.05) is 26.2 Å². The Balaban J connectivity index is 4.41. The van der Waals surface area contributed by atoms with E-state index >= 15 is 0 Å². The molecule has 0 aliphatic rings. The Morgan fingerprint density at radius 3 is 2.44 bits per heavy atom. The van der Waals surface area contributed by atoms with E-state index in [1.165, 1.54) is 0 Å². The third-order valence-electron chi connectivity index (χ3n) is 3.32. The molecular formula is C13H29N3O2. The zero-order chi connectivity index (χ0) is 14.2. The lowest BCUT2D eigenvalue weighted by Crippen LogP contribution is -2.55. The number of carbonyl (C=O) groups is 1. The van der Waals surface area contributed by atoms with Crippen molar-refractivity contribution in [3.05, 3.63) is 0 Å². The molecule has 5 heteroatoms. The van der Waals surface area contributed by atoms with Crippen molar-refractivity contribution in [2.75, 3.05) is 33.4 Å². The molecule has 0 bridgehead atoms. The second-order valence-electron chi connectivity index (χ2n) is 5.10. The van der Waals surface area contributed by atoms with Crippen LogP contribution < -0.4 is 11.1 Å². The molecule has 0 aliphatic heterocycles. The normalized spacial score (nSPS) is 15.1. The largest absolute Gasteiger partial charge is 0.383 e. The summed E-state index contributed by atoms with van der Waals surface area (Å²) in [6.07, 6.45) is 0.706. The summed E-state index contributed by atoms with van der Waals surface area (Å²) >= 11 is 0. The molecular weight excluding hydrogens is 230 g/mol. The van der Waals surface area contributed by atoms with Gasteiger partial charge in [-0.1, -0.05) is 6.92 Å². The minimum Gasteiger partial charge on any atom is -0.383 e. The summed E-state index contributed by atoms with van der Waals surface area (Å²) in [5.74, 6) is -0.292. The van der Waals surface area contributed by atoms with Crippen molar-refractivity contribution in [2.45, 2.75) is 45.7 Å². The molecule has 0 saturated carbocycles. The summed E-state index contributed by atoms with van der Waals surface area (Å²) < 4.78 is 5.10. The fourth-order valence-electron chi connectivity index (χ4n) is 1.89. The van der Waals surface area contributed by atoms with E-state index in [4.69, 9.17) is 10.5 Å². The van der Waals surface area contributed by atoms with Gasteiger partial charge in [0.15, 0.2) is 0 Å². The maximum absolute atomic E-state index is 11.5. The van der Waals surface area contributed by atoms with E-state index in [2.05, 4.69) is 24.1 Å². The molecule has 108 valence electrons. The van der Waals surface area contributed by atoms with Crippen molar-refractivity contribution in [1.82, 2.24) is 10.2 Å². The van der Waals surface area contributed by atoms with Gasteiger partial charge in [0.2, 0.25) is 5.91 Å². The summed E-state index contributed by atoms with van der Waals surface area (Å²) in [5, 5.41) is 3.18. The van der Waals surface area contributed by atoms with Crippen LogP contribution in [0.5, 0.6) is 0 Å². The summed E-state index contributed by atoms with van der Waals surface area (Å²) in [6, 6.07) is 0.430. The first-order valence-electron chi connectivity index (χ1n) is 6.65. The highest BCUT2D eigenvalue weighted by molar-refractivity contribution is 5.84. The van der Waals surface area contributed by atoms with E-state index in [9.17, 15) is 4.79 Å². The molecule has 18 heavy (non-hydrogen) atoms. The molecule has 0 aromatic heterocycles. The number of ether oxygens (including phenoxy) is 1. The van der Waals surface area contributed by atoms with E-state index in [1.54, 1.807) is 7.11 Å². The first-order valence-corrected chi connectivity index (χ1v) is 6.65.